The van der Waals surface area contributed by atoms with Crippen LogP contribution in [-0.4, -0.2) is 25.0 Å². The molecule has 0 radical (unpaired) electrons. The highest BCUT2D eigenvalue weighted by molar-refractivity contribution is 5.75. The van der Waals surface area contributed by atoms with Crippen LogP contribution < -0.4 is 5.32 Å². The zero-order valence-electron chi connectivity index (χ0n) is 21.0. The van der Waals surface area contributed by atoms with E-state index >= 15 is 0 Å². The maximum Gasteiger partial charge on any atom is 0.305 e. The molecule has 0 atom stereocenters. The maximum atomic E-state index is 11.8. The summed E-state index contributed by atoms with van der Waals surface area (Å²) in [4.78, 5) is 23.5. The van der Waals surface area contributed by atoms with Crippen molar-refractivity contribution in [2.45, 2.75) is 149 Å². The molecule has 0 aromatic heterocycles. The molecule has 0 saturated carbocycles. The maximum absolute atomic E-state index is 11.8. The van der Waals surface area contributed by atoms with Crippen LogP contribution in [0.5, 0.6) is 0 Å². The molecule has 31 heavy (non-hydrogen) atoms. The molecule has 0 aliphatic carbocycles. The first-order valence-electron chi connectivity index (χ1n) is 13.6. The molecule has 0 bridgehead atoms. The van der Waals surface area contributed by atoms with Crippen molar-refractivity contribution in [2.24, 2.45) is 0 Å². The summed E-state index contributed by atoms with van der Waals surface area (Å²) in [6, 6.07) is 0. The smallest absolute Gasteiger partial charge is 0.305 e. The van der Waals surface area contributed by atoms with Gasteiger partial charge in [0.2, 0.25) is 5.91 Å². The van der Waals surface area contributed by atoms with Crippen LogP contribution in [0.2, 0.25) is 0 Å². The number of amides is 1. The summed E-state index contributed by atoms with van der Waals surface area (Å²) < 4.78 is 5.19. The Balaban J connectivity index is 3.26. The van der Waals surface area contributed by atoms with Crippen molar-refractivity contribution in [3.63, 3.8) is 0 Å². The van der Waals surface area contributed by atoms with Gasteiger partial charge in [0.1, 0.15) is 6.61 Å². The summed E-state index contributed by atoms with van der Waals surface area (Å²) >= 11 is 0. The molecule has 4 nitrogen and oxygen atoms in total. The van der Waals surface area contributed by atoms with E-state index in [1.54, 1.807) is 0 Å². The van der Waals surface area contributed by atoms with Crippen molar-refractivity contribution < 1.29 is 14.3 Å². The van der Waals surface area contributed by atoms with Crippen molar-refractivity contribution in [3.8, 4) is 0 Å². The lowest BCUT2D eigenvalue weighted by atomic mass is 10.0. The lowest BCUT2D eigenvalue weighted by Gasteiger charge is -2.07. The summed E-state index contributed by atoms with van der Waals surface area (Å²) in [6.45, 7) is 5.19. The van der Waals surface area contributed by atoms with E-state index in [-0.39, 0.29) is 11.9 Å². The number of esters is 1. The predicted octanol–water partition coefficient (Wildman–Crippen LogP) is 7.88. The minimum Gasteiger partial charge on any atom is -0.464 e. The van der Waals surface area contributed by atoms with Crippen LogP contribution in [0.3, 0.4) is 0 Å². The van der Waals surface area contributed by atoms with Gasteiger partial charge in [-0.05, 0) is 12.8 Å². The van der Waals surface area contributed by atoms with Crippen molar-refractivity contribution in [2.75, 3.05) is 13.2 Å². The van der Waals surface area contributed by atoms with Gasteiger partial charge in [-0.2, -0.15) is 0 Å². The number of nitrogens with one attached hydrogen (secondary N) is 1. The molecule has 0 heterocycles. The Morgan fingerprint density at radius 2 is 0.935 bits per heavy atom. The second-order valence-corrected chi connectivity index (χ2v) is 9.08. The lowest BCUT2D eigenvalue weighted by Crippen LogP contribution is -2.27. The number of carbonyl (C=O) groups is 2. The molecule has 0 saturated heterocycles. The van der Waals surface area contributed by atoms with Gasteiger partial charge >= 0.3 is 5.97 Å². The largest absolute Gasteiger partial charge is 0.464 e. The third-order valence-electron chi connectivity index (χ3n) is 5.93. The van der Waals surface area contributed by atoms with Crippen LogP contribution in [0.4, 0.5) is 0 Å². The summed E-state index contributed by atoms with van der Waals surface area (Å²) in [6.07, 6.45) is 25.2. The molecule has 0 spiro atoms. The fraction of sp³-hybridized carbons (Fsp3) is 0.926. The normalized spacial score (nSPS) is 10.9. The Labute approximate surface area is 193 Å². The first-order valence-corrected chi connectivity index (χ1v) is 13.6. The third kappa shape index (κ3) is 25.1. The summed E-state index contributed by atoms with van der Waals surface area (Å²) in [5, 5.41) is 2.86. The molecule has 4 heteroatoms. The molecule has 0 rings (SSSR count). The highest BCUT2D eigenvalue weighted by atomic mass is 16.5. The average Bonchev–Trinajstić information content (AvgIpc) is 2.77. The van der Waals surface area contributed by atoms with Gasteiger partial charge in [-0.1, -0.05) is 123 Å². The van der Waals surface area contributed by atoms with E-state index in [1.165, 1.54) is 96.3 Å². The van der Waals surface area contributed by atoms with Crippen LogP contribution in [0.25, 0.3) is 0 Å². The molecular weight excluding hydrogens is 386 g/mol. The Hall–Kier alpha value is -1.06. The quantitative estimate of drug-likeness (QED) is 0.123. The van der Waals surface area contributed by atoms with Gasteiger partial charge in [0.15, 0.2) is 0 Å². The lowest BCUT2D eigenvalue weighted by molar-refractivity contribution is -0.144. The van der Waals surface area contributed by atoms with Crippen LogP contribution in [0.1, 0.15) is 149 Å². The van der Waals surface area contributed by atoms with Gasteiger partial charge in [-0.15, -0.1) is 0 Å². The molecular formula is C27H53NO3. The Bertz CT molecular complexity index is 398. The molecule has 0 aliphatic rings. The first-order chi connectivity index (χ1) is 15.2. The van der Waals surface area contributed by atoms with E-state index in [1.807, 2.05) is 0 Å². The predicted molar refractivity (Wildman–Crippen MR) is 132 cm³/mol. The van der Waals surface area contributed by atoms with Crippen LogP contribution in [0, 0.1) is 0 Å². The molecule has 1 amide bonds. The minimum atomic E-state index is -0.138. The van der Waals surface area contributed by atoms with E-state index in [0.717, 1.165) is 25.7 Å². The molecule has 0 aromatic rings. The number of hydrogen-bond acceptors (Lipinski definition) is 3. The van der Waals surface area contributed by atoms with E-state index in [9.17, 15) is 9.59 Å². The Kier molecular flexibility index (Phi) is 24.3. The monoisotopic (exact) mass is 439 g/mol. The fourth-order valence-electron chi connectivity index (χ4n) is 3.87. The van der Waals surface area contributed by atoms with Crippen LogP contribution >= 0.6 is 0 Å². The summed E-state index contributed by atoms with van der Waals surface area (Å²) in [5.74, 6) is -0.0590. The Morgan fingerprint density at radius 3 is 1.39 bits per heavy atom. The van der Waals surface area contributed by atoms with Crippen molar-refractivity contribution in [1.82, 2.24) is 5.32 Å². The number of rotatable bonds is 24. The molecule has 0 unspecified atom stereocenters. The van der Waals surface area contributed by atoms with Gasteiger partial charge in [-0.3, -0.25) is 9.59 Å². The van der Waals surface area contributed by atoms with Crippen LogP contribution in [0.15, 0.2) is 0 Å². The van der Waals surface area contributed by atoms with Gasteiger partial charge in [-0.25, -0.2) is 0 Å². The van der Waals surface area contributed by atoms with Crippen molar-refractivity contribution in [1.29, 1.82) is 0 Å². The first kappa shape index (κ1) is 29.9. The molecule has 1 N–H and O–H groups in total. The molecule has 0 fully saturated rings. The SMILES string of the molecule is CCCCCCCCCCCCCCCC(=O)NCCOC(=O)CCCCCCCC. The number of carbonyl (C=O) groups excluding carboxylic acids is 2. The van der Waals surface area contributed by atoms with Gasteiger partial charge < -0.3 is 10.1 Å². The molecule has 184 valence electrons. The van der Waals surface area contributed by atoms with Crippen LogP contribution in [-0.2, 0) is 14.3 Å². The number of ether oxygens (including phenoxy) is 1. The number of unbranched alkanes of at least 4 members (excludes halogenated alkanes) is 17. The zero-order valence-corrected chi connectivity index (χ0v) is 21.0. The standard InChI is InChI=1S/C27H53NO3/c1-3-5-7-9-11-12-13-14-15-16-17-18-20-22-26(29)28-24-25-31-27(30)23-21-19-10-8-6-4-2/h3-25H2,1-2H3,(H,28,29). The van der Waals surface area contributed by atoms with Gasteiger partial charge in [0.25, 0.3) is 0 Å². The topological polar surface area (TPSA) is 55.4 Å². The van der Waals surface area contributed by atoms with Crippen molar-refractivity contribution in [3.05, 3.63) is 0 Å². The minimum absolute atomic E-state index is 0.0787. The van der Waals surface area contributed by atoms with Gasteiger partial charge in [0.05, 0.1) is 6.54 Å². The average molecular weight is 440 g/mol. The van der Waals surface area contributed by atoms with E-state index in [2.05, 4.69) is 19.2 Å². The highest BCUT2D eigenvalue weighted by Gasteiger charge is 2.04. The summed E-state index contributed by atoms with van der Waals surface area (Å²) in [5.41, 5.74) is 0. The second-order valence-electron chi connectivity index (χ2n) is 9.08. The van der Waals surface area contributed by atoms with E-state index < -0.39 is 0 Å². The van der Waals surface area contributed by atoms with E-state index in [0.29, 0.717) is 26.0 Å². The summed E-state index contributed by atoms with van der Waals surface area (Å²) in [7, 11) is 0. The third-order valence-corrected chi connectivity index (χ3v) is 5.93. The molecule has 0 aliphatic heterocycles. The number of hydrogen-bond donors (Lipinski definition) is 1. The zero-order chi connectivity index (χ0) is 22.8. The molecule has 0 aromatic carbocycles. The fourth-order valence-corrected chi connectivity index (χ4v) is 3.87. The van der Waals surface area contributed by atoms with Gasteiger partial charge in [0, 0.05) is 12.8 Å². The van der Waals surface area contributed by atoms with Crippen molar-refractivity contribution >= 4 is 11.9 Å². The highest BCUT2D eigenvalue weighted by Crippen LogP contribution is 2.13. The van der Waals surface area contributed by atoms with E-state index in [4.69, 9.17) is 4.74 Å². The Morgan fingerprint density at radius 1 is 0.548 bits per heavy atom. The second kappa shape index (κ2) is 25.2.